The van der Waals surface area contributed by atoms with Gasteiger partial charge in [-0.3, -0.25) is 29.0 Å². The molecule has 9 N–H and O–H groups in total. The molecule has 2 heterocycles. The number of aliphatic imine (C=N–C) groups is 1. The van der Waals surface area contributed by atoms with Crippen LogP contribution in [-0.2, 0) is 49.9 Å². The molecule has 1 aromatic carbocycles. The van der Waals surface area contributed by atoms with Gasteiger partial charge < -0.3 is 61.5 Å². The van der Waals surface area contributed by atoms with Crippen molar-refractivity contribution in [2.75, 3.05) is 47.0 Å². The molecule has 2 aliphatic carbocycles. The van der Waals surface area contributed by atoms with Crippen molar-refractivity contribution in [1.82, 2.24) is 31.3 Å². The zero-order chi connectivity index (χ0) is 44.3. The molecular weight excluding hydrogens is 828 g/mol. The number of benzene rings is 1. The van der Waals surface area contributed by atoms with Crippen molar-refractivity contribution < 1.29 is 47.5 Å². The fraction of sp³-hybridized carbons (Fsp3) is 0.625. The lowest BCUT2D eigenvalue weighted by Gasteiger charge is -2.56. The Balaban J connectivity index is 1.26. The van der Waals surface area contributed by atoms with Crippen LogP contribution in [0.25, 0.3) is 0 Å². The van der Waals surface area contributed by atoms with E-state index in [0.29, 0.717) is 71.2 Å². The number of ether oxygens (including phenoxy) is 3. The zero-order valence-electron chi connectivity index (χ0n) is 35.3. The van der Waals surface area contributed by atoms with Crippen molar-refractivity contribution >= 4 is 59.7 Å². The minimum atomic E-state index is -1.28. The van der Waals surface area contributed by atoms with E-state index in [2.05, 4.69) is 53.9 Å². The predicted octanol–water partition coefficient (Wildman–Crippen LogP) is 0.142. The number of guanidine groups is 1. The number of nitrogens with two attached hydrogens (primary N) is 2. The first-order chi connectivity index (χ1) is 29.2. The first kappa shape index (κ1) is 47.5. The summed E-state index contributed by atoms with van der Waals surface area (Å²) < 4.78 is 23.2. The van der Waals surface area contributed by atoms with Crippen LogP contribution in [0.4, 0.5) is 0 Å². The number of hydrogen-bond acceptors (Lipinski definition) is 13. The van der Waals surface area contributed by atoms with Crippen molar-refractivity contribution in [3.05, 3.63) is 35.1 Å². The summed E-state index contributed by atoms with van der Waals surface area (Å²) in [6.45, 7) is 4.12. The van der Waals surface area contributed by atoms with Crippen LogP contribution in [0, 0.1) is 5.92 Å². The van der Waals surface area contributed by atoms with Crippen molar-refractivity contribution in [3.63, 3.8) is 0 Å². The number of hydrogen-bond donors (Lipinski definition) is 7. The third kappa shape index (κ3) is 11.5. The molecule has 1 spiro atoms. The van der Waals surface area contributed by atoms with Crippen molar-refractivity contribution in [3.8, 4) is 11.5 Å². The normalized spacial score (nSPS) is 22.7. The van der Waals surface area contributed by atoms with Crippen LogP contribution < -0.4 is 47.3 Å². The summed E-state index contributed by atoms with van der Waals surface area (Å²) in [4.78, 5) is 83.8. The summed E-state index contributed by atoms with van der Waals surface area (Å²) in [5.74, 6) is -1.33. The number of piperidine rings is 1. The summed E-state index contributed by atoms with van der Waals surface area (Å²) in [6.07, 6.45) is 5.48. The smallest absolute Gasteiger partial charge is 0.333 e. The largest absolute Gasteiger partial charge is 0.493 e. The van der Waals surface area contributed by atoms with Gasteiger partial charge in [-0.2, -0.15) is 0 Å². The van der Waals surface area contributed by atoms with Gasteiger partial charge in [0.1, 0.15) is 23.9 Å². The highest BCUT2D eigenvalue weighted by molar-refractivity contribution is 7.35. The number of nitrogens with one attached hydrogen (secondary N) is 5. The van der Waals surface area contributed by atoms with Crippen LogP contribution in [0.15, 0.2) is 29.0 Å². The van der Waals surface area contributed by atoms with Crippen LogP contribution >= 0.6 is 18.2 Å². The third-order valence-electron chi connectivity index (χ3n) is 11.9. The SMILES string of the molecule is COc1ccc2c3c1O[C@H]1C(OC(=O)C(CCC(=O)NCCCCC(N)C(=O)OP)NC(=O)CNC(=O)[C@H](CCCN=C(N)NPC)NC(C)=O)=CC[C@H]4[C@@H](C2)N(C)CC[C@]314. The molecule has 4 aliphatic rings. The molecule has 61 heavy (non-hydrogen) atoms. The molecule has 0 radical (unpaired) electrons. The number of carbonyl (C=O) groups excluding carboxylic acids is 6. The second-order valence-electron chi connectivity index (χ2n) is 15.8. The fourth-order valence-corrected chi connectivity index (χ4v) is 9.51. The van der Waals surface area contributed by atoms with Crippen LogP contribution in [0.2, 0.25) is 0 Å². The van der Waals surface area contributed by atoms with Gasteiger partial charge in [0, 0.05) is 43.5 Å². The van der Waals surface area contributed by atoms with E-state index in [0.717, 1.165) is 24.9 Å². The van der Waals surface area contributed by atoms with Crippen molar-refractivity contribution in [1.29, 1.82) is 0 Å². The predicted molar refractivity (Wildman–Crippen MR) is 232 cm³/mol. The standard InChI is InChI=1S/C40H61N9O10P2/c1-22(50)46-26(9-7-18-44-39(42)48-61-4)36(53)45-21-32(52)47-27(12-15-31(51)43-17-6-5-8-25(41)37(54)59-60)38(55)57-30-14-11-24-28-20-23-10-13-29(56-3)34-33(23)40(24,35(30)58-34)16-19-49(28)2/h10,13-14,24-28,35,61H,5-9,11-12,15-21,41,60H2,1-4H3,(H,43,51)(H,45,53)(H,46,50)(H,47,52)(H3,42,44,48)/t24-,25?,26-,27?,28+,35-,40-/m0/s1. The first-order valence-electron chi connectivity index (χ1n) is 20.7. The van der Waals surface area contributed by atoms with Crippen LogP contribution in [-0.4, -0.2) is 124 Å². The highest BCUT2D eigenvalue weighted by Crippen LogP contribution is 2.63. The molecule has 1 fully saturated rings. The van der Waals surface area contributed by atoms with Crippen molar-refractivity contribution in [2.45, 2.75) is 107 Å². The Hall–Kier alpha value is -4.57. The molecule has 0 aromatic heterocycles. The molecule has 5 rings (SSSR count). The number of methoxy groups -OCH3 is 1. The van der Waals surface area contributed by atoms with E-state index >= 15 is 0 Å². The topological polar surface area (TPSA) is 267 Å². The van der Waals surface area contributed by atoms with E-state index < -0.39 is 65.8 Å². The number of rotatable bonds is 22. The van der Waals surface area contributed by atoms with E-state index in [-0.39, 0.29) is 43.1 Å². The Kier molecular flexibility index (Phi) is 17.1. The Morgan fingerprint density at radius 2 is 1.84 bits per heavy atom. The average Bonchev–Trinajstić information content (AvgIpc) is 3.59. The van der Waals surface area contributed by atoms with Crippen LogP contribution in [0.3, 0.4) is 0 Å². The molecule has 1 saturated heterocycles. The molecule has 4 unspecified atom stereocenters. The molecule has 4 amide bonds. The lowest BCUT2D eigenvalue weighted by molar-refractivity contribution is -0.147. The van der Waals surface area contributed by atoms with Crippen molar-refractivity contribution in [2.24, 2.45) is 22.4 Å². The molecule has 2 bridgehead atoms. The van der Waals surface area contributed by atoms with Gasteiger partial charge in [-0.1, -0.05) is 6.07 Å². The van der Waals surface area contributed by atoms with E-state index in [1.54, 1.807) is 7.11 Å². The van der Waals surface area contributed by atoms with E-state index in [1.807, 2.05) is 28.3 Å². The number of carbonyl (C=O) groups is 6. The number of likely N-dealkylation sites (N-methyl/N-ethyl adjacent to an activating group) is 1. The third-order valence-corrected chi connectivity index (χ3v) is 12.7. The number of unbranched alkanes of at least 4 members (excludes halogenated alkanes) is 1. The average molecular weight is 890 g/mol. The van der Waals surface area contributed by atoms with Gasteiger partial charge in [0.25, 0.3) is 0 Å². The summed E-state index contributed by atoms with van der Waals surface area (Å²) in [6, 6.07) is 1.28. The monoisotopic (exact) mass is 889 g/mol. The van der Waals surface area contributed by atoms with Gasteiger partial charge in [0.2, 0.25) is 23.6 Å². The summed E-state index contributed by atoms with van der Waals surface area (Å²) in [5.41, 5.74) is 13.4. The first-order valence-corrected chi connectivity index (χ1v) is 22.7. The van der Waals surface area contributed by atoms with E-state index in [9.17, 15) is 28.8 Å². The highest BCUT2D eigenvalue weighted by Gasteiger charge is 2.65. The van der Waals surface area contributed by atoms with E-state index in [4.69, 9.17) is 25.7 Å². The minimum Gasteiger partial charge on any atom is -0.493 e. The summed E-state index contributed by atoms with van der Waals surface area (Å²) in [5, 5.41) is 13.5. The fourth-order valence-electron chi connectivity index (χ4n) is 9.00. The van der Waals surface area contributed by atoms with Gasteiger partial charge >= 0.3 is 11.9 Å². The lowest BCUT2D eigenvalue weighted by Crippen LogP contribution is -2.63. The maximum absolute atomic E-state index is 14.2. The number of amides is 4. The second-order valence-corrected chi connectivity index (χ2v) is 16.8. The number of nitrogens with zero attached hydrogens (tertiary/aromatic N) is 2. The number of likely N-dealkylation sites (tertiary alicyclic amines) is 1. The van der Waals surface area contributed by atoms with Crippen LogP contribution in [0.1, 0.15) is 75.8 Å². The summed E-state index contributed by atoms with van der Waals surface area (Å²) >= 11 is 0. The van der Waals surface area contributed by atoms with Gasteiger partial charge in [-0.15, -0.1) is 0 Å². The molecule has 9 atom stereocenters. The Morgan fingerprint density at radius 3 is 2.56 bits per heavy atom. The quantitative estimate of drug-likeness (QED) is 0.0269. The Labute approximate surface area is 360 Å². The molecule has 19 nitrogen and oxygen atoms in total. The number of allylic oxidation sites excluding steroid dienone is 1. The molecule has 1 aromatic rings. The van der Waals surface area contributed by atoms with Gasteiger partial charge in [-0.25, -0.2) is 4.79 Å². The molecule has 2 aliphatic heterocycles. The zero-order valence-corrected chi connectivity index (χ0v) is 37.5. The molecular formula is C40H61N9O10P2. The maximum Gasteiger partial charge on any atom is 0.333 e. The Bertz CT molecular complexity index is 1870. The van der Waals surface area contributed by atoms with Gasteiger partial charge in [0.15, 0.2) is 23.6 Å². The van der Waals surface area contributed by atoms with Gasteiger partial charge in [0.05, 0.1) is 23.1 Å². The second kappa shape index (κ2) is 22.0. The molecule has 336 valence electrons. The summed E-state index contributed by atoms with van der Waals surface area (Å²) in [7, 11) is 5.99. The maximum atomic E-state index is 14.2. The Morgan fingerprint density at radius 1 is 1.05 bits per heavy atom. The van der Waals surface area contributed by atoms with E-state index in [1.165, 1.54) is 12.5 Å². The highest BCUT2D eigenvalue weighted by atomic mass is 31.1. The van der Waals surface area contributed by atoms with Gasteiger partial charge in [-0.05, 0) is 110 Å². The van der Waals surface area contributed by atoms with Crippen LogP contribution in [0.5, 0.6) is 11.5 Å². The minimum absolute atomic E-state index is 0.113. The number of esters is 1. The molecule has 0 saturated carbocycles. The lowest BCUT2D eigenvalue weighted by atomic mass is 9.53. The molecule has 21 heteroatoms.